The molecule has 0 aromatic heterocycles. The fraction of sp³-hybridized carbons (Fsp3) is 0.857. The zero-order chi connectivity index (χ0) is 9.30. The summed E-state index contributed by atoms with van der Waals surface area (Å²) in [7, 11) is 0. The van der Waals surface area contributed by atoms with Gasteiger partial charge in [-0.1, -0.05) is 0 Å². The minimum Gasteiger partial charge on any atom is -0.394 e. The van der Waals surface area contributed by atoms with Crippen LogP contribution in [0.2, 0.25) is 0 Å². The molecule has 0 spiro atoms. The van der Waals surface area contributed by atoms with E-state index < -0.39 is 37.1 Å². The van der Waals surface area contributed by atoms with E-state index in [-0.39, 0.29) is 0 Å². The fourth-order valence-electron chi connectivity index (χ4n) is 1.15. The summed E-state index contributed by atoms with van der Waals surface area (Å²) in [6.45, 7) is 4.69. The first kappa shape index (κ1) is 9.88. The molecule has 12 heavy (non-hydrogen) atoms. The second kappa shape index (κ2) is 3.68. The lowest BCUT2D eigenvalue weighted by Crippen LogP contribution is -2.40. The van der Waals surface area contributed by atoms with E-state index in [9.17, 15) is 5.11 Å². The molecule has 1 aliphatic heterocycles. The number of rotatable bonds is 2. The van der Waals surface area contributed by atoms with Crippen molar-refractivity contribution >= 4 is 0 Å². The third kappa shape index (κ3) is 1.60. The molecule has 1 saturated heterocycles. The van der Waals surface area contributed by atoms with Crippen LogP contribution in [0.3, 0.4) is 0 Å². The second-order valence-electron chi connectivity index (χ2n) is 2.80. The standard InChI is InChI=1S/C7H12O5/c1-3-5(10)6(11)7(12-3)4(9)2-8/h1,3-11H,2H2/t3-,4+,5?,6+,7-/m0/s1. The third-order valence-corrected chi connectivity index (χ3v) is 1.90. The van der Waals surface area contributed by atoms with E-state index >= 15 is 0 Å². The van der Waals surface area contributed by atoms with Crippen molar-refractivity contribution < 1.29 is 25.2 Å². The molecular weight excluding hydrogens is 164 g/mol. The van der Waals surface area contributed by atoms with Gasteiger partial charge in [-0.25, -0.2) is 0 Å². The van der Waals surface area contributed by atoms with Crippen LogP contribution in [0.1, 0.15) is 0 Å². The van der Waals surface area contributed by atoms with Crippen LogP contribution in [0.15, 0.2) is 0 Å². The summed E-state index contributed by atoms with van der Waals surface area (Å²) in [6, 6.07) is 0. The summed E-state index contributed by atoms with van der Waals surface area (Å²) >= 11 is 0. The molecule has 1 fully saturated rings. The molecule has 1 unspecified atom stereocenters. The molecule has 0 aromatic carbocycles. The summed E-state index contributed by atoms with van der Waals surface area (Å²) in [5, 5.41) is 35.9. The number of aliphatic hydroxyl groups excluding tert-OH is 4. The van der Waals surface area contributed by atoms with Gasteiger partial charge in [0.2, 0.25) is 0 Å². The summed E-state index contributed by atoms with van der Waals surface area (Å²) in [5.74, 6) is 0. The van der Waals surface area contributed by atoms with E-state index in [4.69, 9.17) is 27.0 Å². The van der Waals surface area contributed by atoms with E-state index in [0.29, 0.717) is 0 Å². The van der Waals surface area contributed by atoms with Crippen LogP contribution in [-0.4, -0.2) is 57.6 Å². The molecular formula is C7H12O5. The quantitative estimate of drug-likeness (QED) is 0.374. The smallest absolute Gasteiger partial charge is 0.115 e. The molecule has 0 bridgehead atoms. The van der Waals surface area contributed by atoms with Gasteiger partial charge >= 0.3 is 0 Å². The lowest BCUT2D eigenvalue weighted by Gasteiger charge is -2.18. The first-order chi connectivity index (χ1) is 5.57. The molecule has 5 nitrogen and oxygen atoms in total. The lowest BCUT2D eigenvalue weighted by molar-refractivity contribution is -0.0755. The normalized spacial score (nSPS) is 44.8. The number of hydrogen-bond donors (Lipinski definition) is 4. The monoisotopic (exact) mass is 176 g/mol. The maximum atomic E-state index is 9.20. The zero-order valence-corrected chi connectivity index (χ0v) is 6.37. The SMILES string of the molecule is [CH][C@@H]1O[C@@H]([C@H](O)CO)[C@H](O)C1O. The van der Waals surface area contributed by atoms with E-state index in [1.165, 1.54) is 0 Å². The van der Waals surface area contributed by atoms with Gasteiger partial charge < -0.3 is 25.2 Å². The molecule has 0 aliphatic carbocycles. The van der Waals surface area contributed by atoms with Crippen molar-refractivity contribution in [3.05, 3.63) is 6.92 Å². The summed E-state index contributed by atoms with van der Waals surface area (Å²) in [4.78, 5) is 0. The summed E-state index contributed by atoms with van der Waals surface area (Å²) < 4.78 is 4.81. The Labute approximate surface area is 70.2 Å². The van der Waals surface area contributed by atoms with E-state index in [2.05, 4.69) is 0 Å². The highest BCUT2D eigenvalue weighted by atomic mass is 16.6. The van der Waals surface area contributed by atoms with E-state index in [0.717, 1.165) is 0 Å². The first-order valence-corrected chi connectivity index (χ1v) is 3.64. The Morgan fingerprint density at radius 2 is 1.92 bits per heavy atom. The predicted octanol–water partition coefficient (Wildman–Crippen LogP) is -2.46. The van der Waals surface area contributed by atoms with Gasteiger partial charge in [0.15, 0.2) is 0 Å². The van der Waals surface area contributed by atoms with Gasteiger partial charge in [-0.2, -0.15) is 0 Å². The van der Waals surface area contributed by atoms with Crippen LogP contribution >= 0.6 is 0 Å². The van der Waals surface area contributed by atoms with Gasteiger partial charge in [-0.3, -0.25) is 0 Å². The highest BCUT2D eigenvalue weighted by Gasteiger charge is 2.43. The fourth-order valence-corrected chi connectivity index (χ4v) is 1.15. The number of hydrogen-bond acceptors (Lipinski definition) is 5. The minimum atomic E-state index is -1.25. The Kier molecular flexibility index (Phi) is 3.03. The molecule has 2 radical (unpaired) electrons. The van der Waals surface area contributed by atoms with Crippen LogP contribution in [0.25, 0.3) is 0 Å². The molecule has 1 rings (SSSR count). The molecule has 70 valence electrons. The Bertz CT molecular complexity index is 151. The van der Waals surface area contributed by atoms with Gasteiger partial charge in [-0.05, 0) is 6.92 Å². The topological polar surface area (TPSA) is 90.2 Å². The molecule has 0 saturated carbocycles. The highest BCUT2D eigenvalue weighted by molar-refractivity contribution is 4.94. The van der Waals surface area contributed by atoms with Crippen LogP contribution in [0, 0.1) is 6.92 Å². The van der Waals surface area contributed by atoms with Crippen molar-refractivity contribution in [3.8, 4) is 0 Å². The summed E-state index contributed by atoms with van der Waals surface area (Å²) in [5.41, 5.74) is 0. The van der Waals surface area contributed by atoms with E-state index in [1.54, 1.807) is 0 Å². The Balaban J connectivity index is 2.58. The largest absolute Gasteiger partial charge is 0.394 e. The van der Waals surface area contributed by atoms with Crippen LogP contribution in [0.5, 0.6) is 0 Å². The minimum absolute atomic E-state index is 0.541. The van der Waals surface area contributed by atoms with Gasteiger partial charge in [0.05, 0.1) is 12.7 Å². The molecule has 1 heterocycles. The van der Waals surface area contributed by atoms with Gasteiger partial charge in [0, 0.05) is 0 Å². The van der Waals surface area contributed by atoms with Crippen LogP contribution in [-0.2, 0) is 4.74 Å². The average molecular weight is 176 g/mol. The van der Waals surface area contributed by atoms with Crippen molar-refractivity contribution in [1.82, 2.24) is 0 Å². The van der Waals surface area contributed by atoms with Crippen LogP contribution in [0.4, 0.5) is 0 Å². The van der Waals surface area contributed by atoms with Crippen molar-refractivity contribution in [2.45, 2.75) is 30.5 Å². The van der Waals surface area contributed by atoms with Gasteiger partial charge in [0.1, 0.15) is 24.4 Å². The molecule has 5 heteroatoms. The molecule has 5 atom stereocenters. The van der Waals surface area contributed by atoms with Crippen molar-refractivity contribution in [2.24, 2.45) is 0 Å². The second-order valence-corrected chi connectivity index (χ2v) is 2.80. The summed E-state index contributed by atoms with van der Waals surface area (Å²) in [6.07, 6.45) is -5.70. The third-order valence-electron chi connectivity index (χ3n) is 1.90. The van der Waals surface area contributed by atoms with Crippen LogP contribution < -0.4 is 0 Å². The van der Waals surface area contributed by atoms with Crippen molar-refractivity contribution in [2.75, 3.05) is 6.61 Å². The van der Waals surface area contributed by atoms with Gasteiger partial charge in [0.25, 0.3) is 0 Å². The van der Waals surface area contributed by atoms with Crippen molar-refractivity contribution in [3.63, 3.8) is 0 Å². The Morgan fingerprint density at radius 3 is 2.25 bits per heavy atom. The maximum absolute atomic E-state index is 9.20. The van der Waals surface area contributed by atoms with Crippen molar-refractivity contribution in [1.29, 1.82) is 0 Å². The molecule has 4 N–H and O–H groups in total. The van der Waals surface area contributed by atoms with E-state index in [1.807, 2.05) is 0 Å². The predicted molar refractivity (Wildman–Crippen MR) is 38.1 cm³/mol. The zero-order valence-electron chi connectivity index (χ0n) is 6.37. The molecule has 1 aliphatic rings. The average Bonchev–Trinajstić information content (AvgIpc) is 2.32. The number of ether oxygens (including phenoxy) is 1. The maximum Gasteiger partial charge on any atom is 0.115 e. The van der Waals surface area contributed by atoms with Gasteiger partial charge in [-0.15, -0.1) is 0 Å². The molecule has 0 aromatic rings. The Morgan fingerprint density at radius 1 is 1.33 bits per heavy atom. The number of aliphatic hydroxyl groups is 4. The Hall–Kier alpha value is -0.200. The lowest BCUT2D eigenvalue weighted by atomic mass is 10.1. The highest BCUT2D eigenvalue weighted by Crippen LogP contribution is 2.22. The first-order valence-electron chi connectivity index (χ1n) is 3.64. The molecule has 0 amide bonds.